The van der Waals surface area contributed by atoms with Gasteiger partial charge in [0.25, 0.3) is 0 Å². The standard InChI is InChI=1S/C27H31N7O5S/c1-18-13-20-14-21(8-11-24(20)39-18)32-27(31-17-28)33-23-5-3-4-12-34(26(23)36)16-25(35)30-15-19-6-9-22(10-7-19)40(37,38)29-2/h6-11,13-14,23,29H,3-5,12,15-16H2,1-2H3,(H,30,35)(H2,31,32,33). The number of fused-ring (bicyclic) bond motifs is 1. The Morgan fingerprint density at radius 1 is 1.18 bits per heavy atom. The monoisotopic (exact) mass is 565 g/mol. The van der Waals surface area contributed by atoms with Crippen LogP contribution in [0, 0.1) is 18.4 Å². The second-order valence-corrected chi connectivity index (χ2v) is 11.2. The minimum absolute atomic E-state index is 0.128. The molecule has 13 heteroatoms. The first-order chi connectivity index (χ1) is 19.2. The summed E-state index contributed by atoms with van der Waals surface area (Å²) in [7, 11) is -2.20. The first-order valence-corrected chi connectivity index (χ1v) is 14.2. The third kappa shape index (κ3) is 7.16. The van der Waals surface area contributed by atoms with Crippen LogP contribution in [0.25, 0.3) is 11.0 Å². The topological polar surface area (TPSA) is 169 Å². The van der Waals surface area contributed by atoms with E-state index in [4.69, 9.17) is 4.42 Å². The van der Waals surface area contributed by atoms with Crippen molar-refractivity contribution in [1.29, 1.82) is 5.26 Å². The minimum Gasteiger partial charge on any atom is -0.461 e. The van der Waals surface area contributed by atoms with Crippen molar-refractivity contribution in [2.24, 2.45) is 4.99 Å². The molecule has 1 fully saturated rings. The Labute approximate surface area is 232 Å². The van der Waals surface area contributed by atoms with E-state index in [2.05, 4.69) is 25.7 Å². The van der Waals surface area contributed by atoms with Gasteiger partial charge in [-0.2, -0.15) is 5.26 Å². The summed E-state index contributed by atoms with van der Waals surface area (Å²) in [6.07, 6.45) is 3.79. The molecule has 12 nitrogen and oxygen atoms in total. The fraction of sp³-hybridized carbons (Fsp3) is 0.333. The molecule has 1 unspecified atom stereocenters. The fourth-order valence-electron chi connectivity index (χ4n) is 4.39. The molecule has 1 aromatic heterocycles. The van der Waals surface area contributed by atoms with Crippen LogP contribution in [0.15, 0.2) is 62.8 Å². The molecule has 0 radical (unpaired) electrons. The number of carbonyl (C=O) groups excluding carboxylic acids is 2. The molecule has 1 aliphatic heterocycles. The van der Waals surface area contributed by atoms with E-state index in [1.807, 2.05) is 31.3 Å². The van der Waals surface area contributed by atoms with Gasteiger partial charge in [-0.05, 0) is 75.2 Å². The van der Waals surface area contributed by atoms with Crippen LogP contribution in [-0.4, -0.2) is 57.3 Å². The number of carbonyl (C=O) groups is 2. The van der Waals surface area contributed by atoms with E-state index in [0.717, 1.165) is 35.1 Å². The van der Waals surface area contributed by atoms with Crippen LogP contribution >= 0.6 is 0 Å². The van der Waals surface area contributed by atoms with Crippen LogP contribution in [0.1, 0.15) is 30.6 Å². The number of guanidine groups is 1. The summed E-state index contributed by atoms with van der Waals surface area (Å²) in [5, 5.41) is 18.5. The van der Waals surface area contributed by atoms with Crippen molar-refractivity contribution in [3.8, 4) is 6.19 Å². The molecule has 1 saturated heterocycles. The summed E-state index contributed by atoms with van der Waals surface area (Å²) < 4.78 is 31.6. The zero-order valence-electron chi connectivity index (χ0n) is 22.2. The normalized spacial score (nSPS) is 16.3. The van der Waals surface area contributed by atoms with Gasteiger partial charge in [0.05, 0.1) is 11.4 Å². The first kappa shape index (κ1) is 28.6. The predicted octanol–water partition coefficient (Wildman–Crippen LogP) is 2.19. The molecule has 0 bridgehead atoms. The summed E-state index contributed by atoms with van der Waals surface area (Å²) in [5.41, 5.74) is 2.13. The highest BCUT2D eigenvalue weighted by Crippen LogP contribution is 2.23. The minimum atomic E-state index is -3.54. The SMILES string of the molecule is CNS(=O)(=O)c1ccc(CNC(=O)CN2CCCCC(N=C(NC#N)Nc3ccc4oc(C)cc4c3)C2=O)cc1. The molecule has 1 aliphatic rings. The lowest BCUT2D eigenvalue weighted by molar-refractivity contribution is -0.136. The molecule has 0 spiro atoms. The summed E-state index contributed by atoms with van der Waals surface area (Å²) >= 11 is 0. The molecule has 4 rings (SSSR count). The summed E-state index contributed by atoms with van der Waals surface area (Å²) in [6, 6.07) is 12.8. The Hall–Kier alpha value is -4.41. The Morgan fingerprint density at radius 3 is 2.67 bits per heavy atom. The van der Waals surface area contributed by atoms with Gasteiger partial charge < -0.3 is 20.0 Å². The number of nitrogens with one attached hydrogen (secondary N) is 4. The second kappa shape index (κ2) is 12.6. The number of nitriles is 1. The average Bonchev–Trinajstić information content (AvgIpc) is 3.23. The van der Waals surface area contributed by atoms with Crippen molar-refractivity contribution in [2.45, 2.75) is 43.7 Å². The van der Waals surface area contributed by atoms with E-state index in [9.17, 15) is 23.3 Å². The van der Waals surface area contributed by atoms with Gasteiger partial charge in [0.15, 0.2) is 6.19 Å². The van der Waals surface area contributed by atoms with Crippen molar-refractivity contribution in [3.05, 3.63) is 59.9 Å². The first-order valence-electron chi connectivity index (χ1n) is 12.8. The maximum Gasteiger partial charge on any atom is 0.247 e. The van der Waals surface area contributed by atoms with E-state index < -0.39 is 16.1 Å². The van der Waals surface area contributed by atoms with Gasteiger partial charge in [-0.3, -0.25) is 14.9 Å². The lowest BCUT2D eigenvalue weighted by atomic mass is 10.1. The van der Waals surface area contributed by atoms with E-state index in [0.29, 0.717) is 18.7 Å². The molecular weight excluding hydrogens is 534 g/mol. The lowest BCUT2D eigenvalue weighted by Crippen LogP contribution is -2.44. The van der Waals surface area contributed by atoms with E-state index in [1.165, 1.54) is 24.1 Å². The summed E-state index contributed by atoms with van der Waals surface area (Å²) in [6.45, 7) is 2.32. The zero-order chi connectivity index (χ0) is 28.7. The maximum absolute atomic E-state index is 13.3. The number of aryl methyl sites for hydroxylation is 1. The average molecular weight is 566 g/mol. The van der Waals surface area contributed by atoms with Crippen molar-refractivity contribution in [1.82, 2.24) is 20.3 Å². The third-order valence-corrected chi connectivity index (χ3v) is 7.87. The lowest BCUT2D eigenvalue weighted by Gasteiger charge is -2.22. The number of anilines is 1. The largest absolute Gasteiger partial charge is 0.461 e. The smallest absolute Gasteiger partial charge is 0.247 e. The molecule has 210 valence electrons. The zero-order valence-corrected chi connectivity index (χ0v) is 23.0. The van der Waals surface area contributed by atoms with Gasteiger partial charge in [0, 0.05) is 24.2 Å². The van der Waals surface area contributed by atoms with Crippen molar-refractivity contribution in [2.75, 3.05) is 25.5 Å². The Balaban J connectivity index is 1.39. The molecule has 2 heterocycles. The molecule has 40 heavy (non-hydrogen) atoms. The van der Waals surface area contributed by atoms with Gasteiger partial charge >= 0.3 is 0 Å². The molecule has 3 aromatic rings. The fourth-order valence-corrected chi connectivity index (χ4v) is 5.12. The number of hydrogen-bond acceptors (Lipinski definition) is 7. The van der Waals surface area contributed by atoms with E-state index in [-0.39, 0.29) is 35.8 Å². The Morgan fingerprint density at radius 2 is 1.95 bits per heavy atom. The molecular formula is C27H31N7O5S. The number of likely N-dealkylation sites (tertiary alicyclic amines) is 1. The van der Waals surface area contributed by atoms with Crippen LogP contribution < -0.4 is 20.7 Å². The maximum atomic E-state index is 13.3. The molecule has 0 saturated carbocycles. The second-order valence-electron chi connectivity index (χ2n) is 9.35. The highest BCUT2D eigenvalue weighted by Gasteiger charge is 2.28. The molecule has 2 amide bonds. The molecule has 2 aromatic carbocycles. The molecule has 0 aliphatic carbocycles. The number of amides is 2. The number of aliphatic imine (C=N–C) groups is 1. The molecule has 4 N–H and O–H groups in total. The van der Waals surface area contributed by atoms with Gasteiger partial charge in [-0.15, -0.1) is 0 Å². The summed E-state index contributed by atoms with van der Waals surface area (Å²) in [4.78, 5) is 32.1. The van der Waals surface area contributed by atoms with Gasteiger partial charge in [0.2, 0.25) is 27.8 Å². The number of hydrogen-bond donors (Lipinski definition) is 4. The van der Waals surface area contributed by atoms with Crippen LogP contribution in [0.3, 0.4) is 0 Å². The van der Waals surface area contributed by atoms with Crippen molar-refractivity contribution in [3.63, 3.8) is 0 Å². The van der Waals surface area contributed by atoms with Crippen LogP contribution in [-0.2, 0) is 26.2 Å². The van der Waals surface area contributed by atoms with Crippen LogP contribution in [0.4, 0.5) is 5.69 Å². The Kier molecular flexibility index (Phi) is 9.03. The van der Waals surface area contributed by atoms with E-state index in [1.54, 1.807) is 18.2 Å². The number of furan rings is 1. The highest BCUT2D eigenvalue weighted by molar-refractivity contribution is 7.89. The van der Waals surface area contributed by atoms with Gasteiger partial charge in [-0.1, -0.05) is 12.1 Å². The van der Waals surface area contributed by atoms with Crippen molar-refractivity contribution >= 4 is 44.5 Å². The van der Waals surface area contributed by atoms with Crippen LogP contribution in [0.2, 0.25) is 0 Å². The number of rotatable bonds is 8. The van der Waals surface area contributed by atoms with Crippen molar-refractivity contribution < 1.29 is 22.4 Å². The quantitative estimate of drug-likeness (QED) is 0.139. The van der Waals surface area contributed by atoms with Gasteiger partial charge in [-0.25, -0.2) is 18.1 Å². The van der Waals surface area contributed by atoms with E-state index >= 15 is 0 Å². The van der Waals surface area contributed by atoms with Crippen LogP contribution in [0.5, 0.6) is 0 Å². The number of sulfonamides is 1. The highest BCUT2D eigenvalue weighted by atomic mass is 32.2. The summed E-state index contributed by atoms with van der Waals surface area (Å²) in [5.74, 6) is 0.272. The predicted molar refractivity (Wildman–Crippen MR) is 150 cm³/mol. The Bertz CT molecular complexity index is 1560. The third-order valence-electron chi connectivity index (χ3n) is 6.44. The number of benzene rings is 2. The molecule has 1 atom stereocenters. The number of nitrogens with zero attached hydrogens (tertiary/aromatic N) is 3. The van der Waals surface area contributed by atoms with Gasteiger partial charge in [0.1, 0.15) is 17.4 Å².